The van der Waals surface area contributed by atoms with Crippen LogP contribution in [0, 0.1) is 5.92 Å². The van der Waals surface area contributed by atoms with E-state index in [9.17, 15) is 13.2 Å². The Bertz CT molecular complexity index is 339. The van der Waals surface area contributed by atoms with E-state index in [1.807, 2.05) is 20.8 Å². The van der Waals surface area contributed by atoms with Crippen LogP contribution in [0.25, 0.3) is 0 Å². The van der Waals surface area contributed by atoms with Crippen molar-refractivity contribution in [2.24, 2.45) is 5.92 Å². The Morgan fingerprint density at radius 3 is 2.33 bits per heavy atom. The molecule has 1 amide bonds. The minimum Gasteiger partial charge on any atom is -0.356 e. The summed E-state index contributed by atoms with van der Waals surface area (Å²) in [6, 6.07) is -0.118. The third-order valence-electron chi connectivity index (χ3n) is 2.50. The lowest BCUT2D eigenvalue weighted by molar-refractivity contribution is -0.121. The average Bonchev–Trinajstić information content (AvgIpc) is 2.25. The third-order valence-corrected chi connectivity index (χ3v) is 4.38. The van der Waals surface area contributed by atoms with E-state index >= 15 is 0 Å². The van der Waals surface area contributed by atoms with Crippen LogP contribution in [0.2, 0.25) is 0 Å². The molecule has 1 unspecified atom stereocenters. The second kappa shape index (κ2) is 8.48. The molecule has 0 rings (SSSR count). The maximum Gasteiger partial charge on any atom is 0.221 e. The highest BCUT2D eigenvalue weighted by Crippen LogP contribution is 1.94. The van der Waals surface area contributed by atoms with E-state index in [0.717, 1.165) is 0 Å². The van der Waals surface area contributed by atoms with Gasteiger partial charge in [-0.1, -0.05) is 20.8 Å². The van der Waals surface area contributed by atoms with Gasteiger partial charge in [-0.05, 0) is 12.8 Å². The summed E-state index contributed by atoms with van der Waals surface area (Å²) in [7, 11) is -2.95. The van der Waals surface area contributed by atoms with Crippen molar-refractivity contribution in [3.8, 4) is 0 Å². The van der Waals surface area contributed by atoms with Crippen LogP contribution < -0.4 is 10.6 Å². The fourth-order valence-electron chi connectivity index (χ4n) is 1.40. The van der Waals surface area contributed by atoms with Gasteiger partial charge >= 0.3 is 0 Å². The molecule has 0 saturated heterocycles. The van der Waals surface area contributed by atoms with Crippen molar-refractivity contribution in [2.75, 3.05) is 24.6 Å². The highest BCUT2D eigenvalue weighted by atomic mass is 32.2. The van der Waals surface area contributed by atoms with Crippen molar-refractivity contribution in [1.82, 2.24) is 10.6 Å². The molecule has 108 valence electrons. The number of hydrogen-bond acceptors (Lipinski definition) is 4. The molecule has 0 radical (unpaired) electrons. The number of sulfone groups is 1. The van der Waals surface area contributed by atoms with E-state index in [1.54, 1.807) is 6.92 Å². The van der Waals surface area contributed by atoms with Gasteiger partial charge in [0.25, 0.3) is 0 Å². The predicted octanol–water partition coefficient (Wildman–Crippen LogP) is 0.562. The summed E-state index contributed by atoms with van der Waals surface area (Å²) in [4.78, 5) is 11.4. The van der Waals surface area contributed by atoms with Crippen LogP contribution in [0.1, 0.15) is 34.1 Å². The van der Waals surface area contributed by atoms with Crippen LogP contribution in [0.3, 0.4) is 0 Å². The molecule has 0 bridgehead atoms. The zero-order chi connectivity index (χ0) is 14.2. The number of carbonyl (C=O) groups is 1. The molecule has 0 aliphatic carbocycles. The Hall–Kier alpha value is -0.620. The van der Waals surface area contributed by atoms with Crippen LogP contribution in [-0.2, 0) is 14.6 Å². The van der Waals surface area contributed by atoms with Gasteiger partial charge in [0, 0.05) is 31.3 Å². The second-order valence-electron chi connectivity index (χ2n) is 5.00. The normalized spacial score (nSPS) is 13.6. The summed E-state index contributed by atoms with van der Waals surface area (Å²) in [5.41, 5.74) is 0. The lowest BCUT2D eigenvalue weighted by Gasteiger charge is -2.13. The zero-order valence-electron chi connectivity index (χ0n) is 11.8. The first kappa shape index (κ1) is 17.4. The number of rotatable bonds is 9. The highest BCUT2D eigenvalue weighted by Gasteiger charge is 2.13. The van der Waals surface area contributed by atoms with Gasteiger partial charge in [0.1, 0.15) is 0 Å². The molecule has 0 aromatic carbocycles. The van der Waals surface area contributed by atoms with Crippen molar-refractivity contribution < 1.29 is 13.2 Å². The van der Waals surface area contributed by atoms with E-state index in [4.69, 9.17) is 0 Å². The first-order chi connectivity index (χ1) is 8.26. The summed E-state index contributed by atoms with van der Waals surface area (Å²) in [6.45, 7) is 8.72. The maximum absolute atomic E-state index is 11.4. The molecule has 0 aromatic heterocycles. The largest absolute Gasteiger partial charge is 0.356 e. The quantitative estimate of drug-likeness (QED) is 0.646. The molecule has 0 aliphatic heterocycles. The van der Waals surface area contributed by atoms with Gasteiger partial charge in [-0.2, -0.15) is 0 Å². The summed E-state index contributed by atoms with van der Waals surface area (Å²) < 4.78 is 22.7. The molecule has 0 saturated carbocycles. The Kier molecular flexibility index (Phi) is 8.18. The Morgan fingerprint density at radius 2 is 1.83 bits per heavy atom. The van der Waals surface area contributed by atoms with Crippen LogP contribution in [0.15, 0.2) is 0 Å². The van der Waals surface area contributed by atoms with Crippen LogP contribution in [-0.4, -0.2) is 45.0 Å². The van der Waals surface area contributed by atoms with Crippen LogP contribution >= 0.6 is 0 Å². The lowest BCUT2D eigenvalue weighted by atomic mass is 10.2. The van der Waals surface area contributed by atoms with Crippen LogP contribution in [0.4, 0.5) is 0 Å². The molecule has 6 heteroatoms. The number of amides is 1. The first-order valence-corrected chi connectivity index (χ1v) is 8.29. The molecule has 0 aromatic rings. The van der Waals surface area contributed by atoms with Gasteiger partial charge in [0.05, 0.1) is 5.75 Å². The van der Waals surface area contributed by atoms with E-state index in [0.29, 0.717) is 25.4 Å². The van der Waals surface area contributed by atoms with Gasteiger partial charge in [-0.15, -0.1) is 0 Å². The standard InChI is InChI=1S/C12H26N2O3S/c1-5-18(16,17)9-11(4)13-7-6-12(15)14-8-10(2)3/h10-11,13H,5-9H2,1-4H3,(H,14,15). The Labute approximate surface area is 111 Å². The number of nitrogens with one attached hydrogen (secondary N) is 2. The predicted molar refractivity (Wildman–Crippen MR) is 74.3 cm³/mol. The molecule has 18 heavy (non-hydrogen) atoms. The second-order valence-corrected chi connectivity index (χ2v) is 7.40. The molecule has 5 nitrogen and oxygen atoms in total. The molecular formula is C12H26N2O3S. The van der Waals surface area contributed by atoms with Gasteiger partial charge in [0.15, 0.2) is 9.84 Å². The fourth-order valence-corrected chi connectivity index (χ4v) is 2.51. The number of carbonyl (C=O) groups excluding carboxylic acids is 1. The van der Waals surface area contributed by atoms with Crippen molar-refractivity contribution in [2.45, 2.75) is 40.2 Å². The van der Waals surface area contributed by atoms with Crippen LogP contribution in [0.5, 0.6) is 0 Å². The molecule has 0 spiro atoms. The average molecular weight is 278 g/mol. The van der Waals surface area contributed by atoms with E-state index in [-0.39, 0.29) is 23.5 Å². The minimum absolute atomic E-state index is 0.00162. The molecule has 2 N–H and O–H groups in total. The van der Waals surface area contributed by atoms with Crippen molar-refractivity contribution in [1.29, 1.82) is 0 Å². The zero-order valence-corrected chi connectivity index (χ0v) is 12.6. The van der Waals surface area contributed by atoms with Gasteiger partial charge < -0.3 is 10.6 Å². The van der Waals surface area contributed by atoms with Gasteiger partial charge in [0.2, 0.25) is 5.91 Å². The SMILES string of the molecule is CCS(=O)(=O)CC(C)NCCC(=O)NCC(C)C. The van der Waals surface area contributed by atoms with Crippen molar-refractivity contribution >= 4 is 15.7 Å². The Balaban J connectivity index is 3.74. The molecule has 0 aliphatic rings. The maximum atomic E-state index is 11.4. The van der Waals surface area contributed by atoms with Crippen molar-refractivity contribution in [3.63, 3.8) is 0 Å². The minimum atomic E-state index is -2.95. The summed E-state index contributed by atoms with van der Waals surface area (Å²) in [5, 5.41) is 5.87. The fraction of sp³-hybridized carbons (Fsp3) is 0.917. The summed E-state index contributed by atoms with van der Waals surface area (Å²) >= 11 is 0. The number of hydrogen-bond donors (Lipinski definition) is 2. The third kappa shape index (κ3) is 9.41. The molecule has 1 atom stereocenters. The topological polar surface area (TPSA) is 75.3 Å². The first-order valence-electron chi connectivity index (χ1n) is 6.47. The Morgan fingerprint density at radius 1 is 1.22 bits per heavy atom. The summed E-state index contributed by atoms with van der Waals surface area (Å²) in [6.07, 6.45) is 0.378. The summed E-state index contributed by atoms with van der Waals surface area (Å²) in [5.74, 6) is 0.725. The van der Waals surface area contributed by atoms with Gasteiger partial charge in [-0.3, -0.25) is 4.79 Å². The highest BCUT2D eigenvalue weighted by molar-refractivity contribution is 7.91. The lowest BCUT2D eigenvalue weighted by Crippen LogP contribution is -2.37. The smallest absolute Gasteiger partial charge is 0.221 e. The van der Waals surface area contributed by atoms with Crippen molar-refractivity contribution in [3.05, 3.63) is 0 Å². The van der Waals surface area contributed by atoms with E-state index in [2.05, 4.69) is 10.6 Å². The van der Waals surface area contributed by atoms with E-state index < -0.39 is 9.84 Å². The van der Waals surface area contributed by atoms with E-state index in [1.165, 1.54) is 0 Å². The molecule has 0 fully saturated rings. The monoisotopic (exact) mass is 278 g/mol. The molecular weight excluding hydrogens is 252 g/mol. The molecule has 0 heterocycles. The van der Waals surface area contributed by atoms with Gasteiger partial charge in [-0.25, -0.2) is 8.42 Å².